The Morgan fingerprint density at radius 1 is 0.654 bits per heavy atom. The second-order valence-electron chi connectivity index (χ2n) is 6.99. The minimum absolute atomic E-state index is 0.0648. The molecule has 0 saturated heterocycles. The Hall–Kier alpha value is -0.170. The van der Waals surface area contributed by atoms with Crippen molar-refractivity contribution in [1.82, 2.24) is 0 Å². The lowest BCUT2D eigenvalue weighted by Gasteiger charge is -2.02. The number of hydrogen-bond donors (Lipinski definition) is 2. The van der Waals surface area contributed by atoms with Crippen LogP contribution in [0.3, 0.4) is 0 Å². The molecule has 0 unspecified atom stereocenters. The maximum Gasteiger partial charge on any atom is 0.397 e. The van der Waals surface area contributed by atoms with Gasteiger partial charge >= 0.3 is 10.4 Å². The van der Waals surface area contributed by atoms with Crippen LogP contribution in [-0.2, 0) is 14.6 Å². The molecule has 3 N–H and O–H groups in total. The third-order valence-corrected chi connectivity index (χ3v) is 4.75. The molecule has 0 rings (SSSR count). The molecule has 0 radical (unpaired) electrons. The van der Waals surface area contributed by atoms with E-state index in [1.54, 1.807) is 0 Å². The highest BCUT2D eigenvalue weighted by Gasteiger charge is 2.01. The largest absolute Gasteiger partial charge is 0.397 e. The van der Waals surface area contributed by atoms with E-state index < -0.39 is 10.4 Å². The zero-order chi connectivity index (χ0) is 19.9. The van der Waals surface area contributed by atoms with Gasteiger partial charge in [-0.3, -0.25) is 4.55 Å². The normalized spacial score (nSPS) is 11.2. The molecule has 26 heavy (non-hydrogen) atoms. The summed E-state index contributed by atoms with van der Waals surface area (Å²) in [7, 11) is -4.20. The van der Waals surface area contributed by atoms with Gasteiger partial charge in [-0.15, -0.1) is 0 Å². The van der Waals surface area contributed by atoms with Crippen molar-refractivity contribution in [2.45, 2.75) is 117 Å². The van der Waals surface area contributed by atoms with E-state index in [-0.39, 0.29) is 6.61 Å². The molecule has 0 aromatic carbocycles. The van der Waals surface area contributed by atoms with E-state index in [1.165, 1.54) is 89.9 Å². The van der Waals surface area contributed by atoms with E-state index in [9.17, 15) is 8.42 Å². The van der Waals surface area contributed by atoms with Gasteiger partial charge in [0.15, 0.2) is 0 Å². The van der Waals surface area contributed by atoms with E-state index in [2.05, 4.69) is 11.1 Å². The van der Waals surface area contributed by atoms with Gasteiger partial charge in [-0.1, -0.05) is 104 Å². The van der Waals surface area contributed by atoms with Gasteiger partial charge in [0.1, 0.15) is 0 Å². The lowest BCUT2D eigenvalue weighted by molar-refractivity contribution is 0.264. The Balaban J connectivity index is 0. The summed E-state index contributed by atoms with van der Waals surface area (Å²) >= 11 is 0. The summed E-state index contributed by atoms with van der Waals surface area (Å²) in [5, 5.41) is 0. The van der Waals surface area contributed by atoms with Gasteiger partial charge in [-0.05, 0) is 19.4 Å². The van der Waals surface area contributed by atoms with Crippen molar-refractivity contribution < 1.29 is 17.2 Å². The fraction of sp³-hybridized carbons (Fsp3) is 1.00. The van der Waals surface area contributed by atoms with Crippen LogP contribution in [0.25, 0.3) is 0 Å². The first-order chi connectivity index (χ1) is 12.5. The molecule has 0 saturated carbocycles. The van der Waals surface area contributed by atoms with Crippen LogP contribution in [0.1, 0.15) is 117 Å². The average Bonchev–Trinajstić information content (AvgIpc) is 2.59. The Kier molecular flexibility index (Phi) is 24.7. The van der Waals surface area contributed by atoms with Crippen LogP contribution in [0.4, 0.5) is 0 Å². The highest BCUT2D eigenvalue weighted by molar-refractivity contribution is 7.80. The smallest absolute Gasteiger partial charge is 0.330 e. The first-order valence-electron chi connectivity index (χ1n) is 10.8. The Labute approximate surface area is 163 Å². The maximum atomic E-state index is 9.84. The molecule has 0 heterocycles. The maximum absolute atomic E-state index is 9.84. The fourth-order valence-electron chi connectivity index (χ4n) is 2.65. The SMILES string of the molecule is CCCCCCCCCCCCCCCCN.CCCCOS(=O)(=O)O. The molecule has 0 aromatic heterocycles. The molecule has 6 heteroatoms. The van der Waals surface area contributed by atoms with Crippen LogP contribution >= 0.6 is 0 Å². The first-order valence-corrected chi connectivity index (χ1v) is 12.2. The van der Waals surface area contributed by atoms with Gasteiger partial charge < -0.3 is 5.73 Å². The van der Waals surface area contributed by atoms with Gasteiger partial charge in [0.25, 0.3) is 0 Å². The molecule has 0 aromatic rings. The van der Waals surface area contributed by atoms with Crippen molar-refractivity contribution in [3.05, 3.63) is 0 Å². The van der Waals surface area contributed by atoms with Crippen molar-refractivity contribution in [2.24, 2.45) is 5.73 Å². The van der Waals surface area contributed by atoms with E-state index in [0.717, 1.165) is 13.0 Å². The minimum Gasteiger partial charge on any atom is -0.330 e. The van der Waals surface area contributed by atoms with E-state index >= 15 is 0 Å². The average molecular weight is 396 g/mol. The van der Waals surface area contributed by atoms with E-state index in [0.29, 0.717) is 6.42 Å². The van der Waals surface area contributed by atoms with Crippen molar-refractivity contribution >= 4 is 10.4 Å². The van der Waals surface area contributed by atoms with Gasteiger partial charge in [-0.25, -0.2) is 4.18 Å². The van der Waals surface area contributed by atoms with Gasteiger partial charge in [0.2, 0.25) is 0 Å². The predicted octanol–water partition coefficient (Wildman–Crippen LogP) is 6.03. The second kappa shape index (κ2) is 22.9. The van der Waals surface area contributed by atoms with Crippen molar-refractivity contribution in [3.63, 3.8) is 0 Å². The van der Waals surface area contributed by atoms with Gasteiger partial charge in [0, 0.05) is 0 Å². The molecule has 5 nitrogen and oxygen atoms in total. The Morgan fingerprint density at radius 2 is 1.00 bits per heavy atom. The van der Waals surface area contributed by atoms with Crippen molar-refractivity contribution in [1.29, 1.82) is 0 Å². The molecule has 0 aliphatic heterocycles. The van der Waals surface area contributed by atoms with Crippen LogP contribution < -0.4 is 5.73 Å². The zero-order valence-corrected chi connectivity index (χ0v) is 18.2. The Morgan fingerprint density at radius 3 is 1.31 bits per heavy atom. The van der Waals surface area contributed by atoms with E-state index in [1.807, 2.05) is 6.92 Å². The highest BCUT2D eigenvalue weighted by atomic mass is 32.3. The molecule has 0 aliphatic rings. The number of unbranched alkanes of at least 4 members (excludes halogenated alkanes) is 14. The molecule has 0 fully saturated rings. The Bertz CT molecular complexity index is 334. The topological polar surface area (TPSA) is 89.6 Å². The van der Waals surface area contributed by atoms with Crippen LogP contribution in [0.15, 0.2) is 0 Å². The summed E-state index contributed by atoms with van der Waals surface area (Å²) in [5.74, 6) is 0. The minimum atomic E-state index is -4.20. The standard InChI is InChI=1S/C16H35N.C4H10O4S/c1-2-3-4-5-6-7-8-9-10-11-12-13-14-15-16-17;1-2-3-4-8-9(5,6)7/h2-17H2,1H3;2-4H2,1H3,(H,5,6,7). The summed E-state index contributed by atoms with van der Waals surface area (Å²) in [6.45, 7) is 5.12. The summed E-state index contributed by atoms with van der Waals surface area (Å²) in [6, 6.07) is 0. The van der Waals surface area contributed by atoms with Crippen LogP contribution in [-0.4, -0.2) is 26.1 Å². The second-order valence-corrected chi connectivity index (χ2v) is 8.08. The van der Waals surface area contributed by atoms with Crippen molar-refractivity contribution in [2.75, 3.05) is 13.2 Å². The molecule has 0 spiro atoms. The lowest BCUT2D eigenvalue weighted by Crippen LogP contribution is -2.04. The molecular formula is C20H45NO4S. The summed E-state index contributed by atoms with van der Waals surface area (Å²) < 4.78 is 31.7. The van der Waals surface area contributed by atoms with Gasteiger partial charge in [-0.2, -0.15) is 8.42 Å². The van der Waals surface area contributed by atoms with E-state index in [4.69, 9.17) is 10.3 Å². The molecule has 160 valence electrons. The molecule has 0 bridgehead atoms. The lowest BCUT2D eigenvalue weighted by atomic mass is 10.0. The fourth-order valence-corrected chi connectivity index (χ4v) is 2.98. The number of hydrogen-bond acceptors (Lipinski definition) is 4. The first kappa shape index (κ1) is 28.0. The molecule has 0 aliphatic carbocycles. The number of rotatable bonds is 18. The monoisotopic (exact) mass is 395 g/mol. The summed E-state index contributed by atoms with van der Waals surface area (Å²) in [6.07, 6.45) is 21.4. The van der Waals surface area contributed by atoms with Crippen molar-refractivity contribution in [3.8, 4) is 0 Å². The third kappa shape index (κ3) is 31.6. The zero-order valence-electron chi connectivity index (χ0n) is 17.4. The van der Waals surface area contributed by atoms with Crippen LogP contribution in [0.2, 0.25) is 0 Å². The molecular weight excluding hydrogens is 350 g/mol. The summed E-state index contributed by atoms with van der Waals surface area (Å²) in [4.78, 5) is 0. The van der Waals surface area contributed by atoms with Crippen LogP contribution in [0.5, 0.6) is 0 Å². The number of nitrogens with two attached hydrogens (primary N) is 1. The highest BCUT2D eigenvalue weighted by Crippen LogP contribution is 2.12. The third-order valence-electron chi connectivity index (χ3n) is 4.29. The summed E-state index contributed by atoms with van der Waals surface area (Å²) in [5.41, 5.74) is 5.47. The van der Waals surface area contributed by atoms with Gasteiger partial charge in [0.05, 0.1) is 6.61 Å². The molecule has 0 amide bonds. The quantitative estimate of drug-likeness (QED) is 0.218. The molecule has 0 atom stereocenters. The predicted molar refractivity (Wildman–Crippen MR) is 112 cm³/mol. The van der Waals surface area contributed by atoms with Crippen LogP contribution in [0, 0.1) is 0 Å².